The van der Waals surface area contributed by atoms with E-state index in [0.717, 1.165) is 11.8 Å². The molecular weight excluding hydrogens is 112 g/mol. The van der Waals surface area contributed by atoms with Gasteiger partial charge in [0.15, 0.2) is 0 Å². The van der Waals surface area contributed by atoms with Gasteiger partial charge in [-0.05, 0) is 25.3 Å². The van der Waals surface area contributed by atoms with E-state index < -0.39 is 0 Å². The van der Waals surface area contributed by atoms with E-state index in [1.807, 2.05) is 0 Å². The summed E-state index contributed by atoms with van der Waals surface area (Å²) in [6.45, 7) is 2.47. The molecule has 3 fully saturated rings. The van der Waals surface area contributed by atoms with Gasteiger partial charge in [0.2, 0.25) is 0 Å². The molecule has 3 aliphatic rings. The Labute approximate surface area is 56.0 Å². The van der Waals surface area contributed by atoms with Crippen LogP contribution in [0.5, 0.6) is 0 Å². The number of nitrogens with two attached hydrogens (primary N) is 1. The van der Waals surface area contributed by atoms with E-state index in [1.54, 1.807) is 0 Å². The molecule has 9 heavy (non-hydrogen) atoms. The Kier molecular flexibility index (Phi) is 1.08. The van der Waals surface area contributed by atoms with Crippen molar-refractivity contribution in [1.29, 1.82) is 0 Å². The fraction of sp³-hybridized carbons (Fsp3) is 1.00. The molecule has 1 aliphatic carbocycles. The molecule has 3 rings (SSSR count). The molecule has 2 nitrogen and oxygen atoms in total. The second-order valence-electron chi connectivity index (χ2n) is 3.55. The maximum Gasteiger partial charge on any atom is 0.0120 e. The van der Waals surface area contributed by atoms with Gasteiger partial charge in [0, 0.05) is 19.1 Å². The van der Waals surface area contributed by atoms with Crippen molar-refractivity contribution in [3.8, 4) is 0 Å². The molecule has 2 bridgehead atoms. The summed E-state index contributed by atoms with van der Waals surface area (Å²) in [5.41, 5.74) is 5.86. The van der Waals surface area contributed by atoms with Crippen LogP contribution in [0.3, 0.4) is 0 Å². The molecule has 0 unspecified atom stereocenters. The van der Waals surface area contributed by atoms with Crippen molar-refractivity contribution in [1.82, 2.24) is 4.90 Å². The number of hydrogen-bond acceptors (Lipinski definition) is 2. The quantitative estimate of drug-likeness (QED) is 0.491. The van der Waals surface area contributed by atoms with Crippen LogP contribution in [0.2, 0.25) is 0 Å². The molecule has 2 heteroatoms. The number of fused-ring (bicyclic) bond motifs is 2. The maximum absolute atomic E-state index is 5.86. The Balaban J connectivity index is 2.01. The molecule has 0 amide bonds. The lowest BCUT2D eigenvalue weighted by Crippen LogP contribution is -2.60. The molecule has 1 saturated carbocycles. The summed E-state index contributed by atoms with van der Waals surface area (Å²) in [6.07, 6.45) is 1.39. The van der Waals surface area contributed by atoms with Crippen LogP contribution in [0.4, 0.5) is 0 Å². The zero-order valence-electron chi connectivity index (χ0n) is 5.88. The Morgan fingerprint density at radius 2 is 1.89 bits per heavy atom. The van der Waals surface area contributed by atoms with Gasteiger partial charge >= 0.3 is 0 Å². The Morgan fingerprint density at radius 3 is 2.22 bits per heavy atom. The first-order valence-electron chi connectivity index (χ1n) is 3.71. The average molecular weight is 126 g/mol. The number of rotatable bonds is 0. The molecule has 2 heterocycles. The molecule has 0 aromatic carbocycles. The number of hydrogen-bond donors (Lipinski definition) is 1. The summed E-state index contributed by atoms with van der Waals surface area (Å²) in [5.74, 6) is 1.66. The van der Waals surface area contributed by atoms with Crippen LogP contribution in [-0.4, -0.2) is 31.1 Å². The second kappa shape index (κ2) is 1.70. The summed E-state index contributed by atoms with van der Waals surface area (Å²) >= 11 is 0. The van der Waals surface area contributed by atoms with Crippen LogP contribution in [0.25, 0.3) is 0 Å². The summed E-state index contributed by atoms with van der Waals surface area (Å²) in [6, 6.07) is 0.543. The first kappa shape index (κ1) is 5.69. The highest BCUT2D eigenvalue weighted by Gasteiger charge is 2.43. The fourth-order valence-corrected chi connectivity index (χ4v) is 2.16. The minimum atomic E-state index is 0.543. The van der Waals surface area contributed by atoms with E-state index in [4.69, 9.17) is 5.73 Å². The molecule has 3 atom stereocenters. The minimum Gasteiger partial charge on any atom is -0.327 e. The van der Waals surface area contributed by atoms with E-state index in [-0.39, 0.29) is 0 Å². The predicted octanol–water partition coefficient (Wildman–Crippen LogP) is -0.105. The first-order chi connectivity index (χ1) is 4.27. The van der Waals surface area contributed by atoms with Gasteiger partial charge in [-0.25, -0.2) is 0 Å². The molecule has 52 valence electrons. The normalized spacial score (nSPS) is 50.7. The number of piperidine rings is 2. The first-order valence-corrected chi connectivity index (χ1v) is 3.71. The van der Waals surface area contributed by atoms with E-state index in [1.165, 1.54) is 19.5 Å². The summed E-state index contributed by atoms with van der Waals surface area (Å²) in [5, 5.41) is 0. The van der Waals surface area contributed by atoms with Gasteiger partial charge in [-0.3, -0.25) is 0 Å². The number of nitrogens with zero attached hydrogens (tertiary/aromatic N) is 1. The molecule has 2 aliphatic heterocycles. The highest BCUT2D eigenvalue weighted by molar-refractivity contribution is 4.98. The van der Waals surface area contributed by atoms with Crippen LogP contribution >= 0.6 is 0 Å². The SMILES string of the molecule is CN1C[C@H]2C[C@@H](C1)[C@H]2N. The zero-order valence-corrected chi connectivity index (χ0v) is 5.88. The van der Waals surface area contributed by atoms with Crippen LogP contribution in [0.1, 0.15) is 6.42 Å². The van der Waals surface area contributed by atoms with Crippen molar-refractivity contribution in [2.75, 3.05) is 20.1 Å². The van der Waals surface area contributed by atoms with Crippen LogP contribution in [-0.2, 0) is 0 Å². The molecule has 0 aromatic heterocycles. The molecule has 0 radical (unpaired) electrons. The smallest absolute Gasteiger partial charge is 0.0120 e. The maximum atomic E-state index is 5.86. The van der Waals surface area contributed by atoms with E-state index in [0.29, 0.717) is 6.04 Å². The standard InChI is InChI=1S/C7H14N2/c1-9-3-5-2-6(4-9)7(5)8/h5-7H,2-4,8H2,1H3/t5-,6+,7+. The Bertz CT molecular complexity index is 112. The minimum absolute atomic E-state index is 0.543. The largest absolute Gasteiger partial charge is 0.327 e. The molecule has 2 N–H and O–H groups in total. The third-order valence-corrected chi connectivity index (χ3v) is 2.79. The van der Waals surface area contributed by atoms with E-state index in [9.17, 15) is 0 Å². The molecule has 0 spiro atoms. The van der Waals surface area contributed by atoms with Gasteiger partial charge in [0.05, 0.1) is 0 Å². The van der Waals surface area contributed by atoms with E-state index in [2.05, 4.69) is 11.9 Å². The van der Waals surface area contributed by atoms with Gasteiger partial charge in [0.25, 0.3) is 0 Å². The van der Waals surface area contributed by atoms with Crippen molar-refractivity contribution < 1.29 is 0 Å². The van der Waals surface area contributed by atoms with Gasteiger partial charge in [-0.1, -0.05) is 0 Å². The Morgan fingerprint density at radius 1 is 1.33 bits per heavy atom. The molecular formula is C7H14N2. The van der Waals surface area contributed by atoms with Crippen molar-refractivity contribution in [2.24, 2.45) is 17.6 Å². The second-order valence-corrected chi connectivity index (χ2v) is 3.55. The summed E-state index contributed by atoms with van der Waals surface area (Å²) < 4.78 is 0. The highest BCUT2D eigenvalue weighted by Crippen LogP contribution is 2.37. The summed E-state index contributed by atoms with van der Waals surface area (Å²) in [4.78, 5) is 2.39. The molecule has 0 aromatic rings. The highest BCUT2D eigenvalue weighted by atomic mass is 15.1. The lowest BCUT2D eigenvalue weighted by atomic mass is 9.67. The van der Waals surface area contributed by atoms with Crippen molar-refractivity contribution >= 4 is 0 Å². The monoisotopic (exact) mass is 126 g/mol. The van der Waals surface area contributed by atoms with E-state index >= 15 is 0 Å². The van der Waals surface area contributed by atoms with Crippen LogP contribution in [0.15, 0.2) is 0 Å². The van der Waals surface area contributed by atoms with Gasteiger partial charge < -0.3 is 10.6 Å². The average Bonchev–Trinajstić information content (AvgIpc) is 1.87. The van der Waals surface area contributed by atoms with Gasteiger partial charge in [0.1, 0.15) is 0 Å². The van der Waals surface area contributed by atoms with Gasteiger partial charge in [-0.15, -0.1) is 0 Å². The third-order valence-electron chi connectivity index (χ3n) is 2.79. The van der Waals surface area contributed by atoms with Crippen molar-refractivity contribution in [3.05, 3.63) is 0 Å². The van der Waals surface area contributed by atoms with Crippen molar-refractivity contribution in [3.63, 3.8) is 0 Å². The van der Waals surface area contributed by atoms with Crippen LogP contribution in [0, 0.1) is 11.8 Å². The lowest BCUT2D eigenvalue weighted by Gasteiger charge is -2.51. The fourth-order valence-electron chi connectivity index (χ4n) is 2.16. The third kappa shape index (κ3) is 0.700. The van der Waals surface area contributed by atoms with Crippen LogP contribution < -0.4 is 5.73 Å². The summed E-state index contributed by atoms with van der Waals surface area (Å²) in [7, 11) is 2.19. The zero-order chi connectivity index (χ0) is 6.43. The predicted molar refractivity (Wildman–Crippen MR) is 37.1 cm³/mol. The van der Waals surface area contributed by atoms with Gasteiger partial charge in [-0.2, -0.15) is 0 Å². The molecule has 2 saturated heterocycles. The topological polar surface area (TPSA) is 29.3 Å². The lowest BCUT2D eigenvalue weighted by molar-refractivity contribution is 0.0171. The Hall–Kier alpha value is -0.0800. The van der Waals surface area contributed by atoms with Crippen molar-refractivity contribution in [2.45, 2.75) is 12.5 Å².